The fraction of sp³-hybridized carbons (Fsp3) is 0.389. The number of fused-ring (bicyclic) bond motifs is 2. The molecular weight excluding hydrogens is 304 g/mol. The smallest absolute Gasteiger partial charge is 0.255 e. The van der Waals surface area contributed by atoms with E-state index in [9.17, 15) is 9.59 Å². The van der Waals surface area contributed by atoms with E-state index in [-0.39, 0.29) is 11.8 Å². The molecule has 2 amide bonds. The lowest BCUT2D eigenvalue weighted by atomic mass is 10.1. The van der Waals surface area contributed by atoms with Crippen LogP contribution < -0.4 is 0 Å². The van der Waals surface area contributed by atoms with Gasteiger partial charge in [-0.25, -0.2) is 4.98 Å². The maximum atomic E-state index is 13.0. The van der Waals surface area contributed by atoms with Gasteiger partial charge in [-0.2, -0.15) is 0 Å². The Labute approximate surface area is 140 Å². The Morgan fingerprint density at radius 3 is 2.88 bits per heavy atom. The van der Waals surface area contributed by atoms with Crippen LogP contribution in [-0.2, 0) is 24.4 Å². The van der Waals surface area contributed by atoms with Gasteiger partial charge in [0.1, 0.15) is 6.04 Å². The van der Waals surface area contributed by atoms with E-state index in [0.29, 0.717) is 26.1 Å². The first-order chi connectivity index (χ1) is 11.7. The molecular formula is C18H20N4O2. The Balaban J connectivity index is 1.54. The second-order valence-electron chi connectivity index (χ2n) is 6.35. The van der Waals surface area contributed by atoms with Crippen LogP contribution in [0.1, 0.15) is 35.0 Å². The minimum Gasteiger partial charge on any atom is -0.333 e. The highest BCUT2D eigenvalue weighted by Crippen LogP contribution is 2.26. The molecule has 0 bridgehead atoms. The Hall–Kier alpha value is -2.63. The van der Waals surface area contributed by atoms with E-state index in [1.54, 1.807) is 17.4 Å². The number of aromatic nitrogens is 2. The Morgan fingerprint density at radius 2 is 2.08 bits per heavy atom. The molecule has 0 saturated carbocycles. The number of nitrogens with zero attached hydrogens (tertiary/aromatic N) is 4. The van der Waals surface area contributed by atoms with Crippen LogP contribution in [0.5, 0.6) is 0 Å². The minimum atomic E-state index is -0.403. The van der Waals surface area contributed by atoms with Crippen molar-refractivity contribution in [1.29, 1.82) is 0 Å². The maximum absolute atomic E-state index is 13.0. The molecule has 2 aliphatic heterocycles. The van der Waals surface area contributed by atoms with Crippen molar-refractivity contribution in [2.24, 2.45) is 0 Å². The molecule has 0 aliphatic carbocycles. The average molecular weight is 324 g/mol. The number of imidazole rings is 1. The zero-order chi connectivity index (χ0) is 16.7. The van der Waals surface area contributed by atoms with Gasteiger partial charge in [0.25, 0.3) is 5.91 Å². The van der Waals surface area contributed by atoms with E-state index in [1.165, 1.54) is 0 Å². The quantitative estimate of drug-likeness (QED) is 0.863. The first-order valence-corrected chi connectivity index (χ1v) is 8.35. The predicted octanol–water partition coefficient (Wildman–Crippen LogP) is 1.66. The standard InChI is InChI=1S/C18H20N4O2/c1-2-16(22-10-13-5-3-4-6-15(13)17(22)23)18(24)20-7-8-21-12-19-9-14(21)11-20/h3-6,9,12,16H,2,7-8,10-11H2,1H3. The van der Waals surface area contributed by atoms with Gasteiger partial charge in [-0.15, -0.1) is 0 Å². The van der Waals surface area contributed by atoms with Crippen molar-refractivity contribution in [2.45, 2.75) is 39.0 Å². The van der Waals surface area contributed by atoms with Crippen molar-refractivity contribution in [3.63, 3.8) is 0 Å². The molecule has 1 unspecified atom stereocenters. The number of hydrogen-bond donors (Lipinski definition) is 0. The van der Waals surface area contributed by atoms with Crippen molar-refractivity contribution in [3.8, 4) is 0 Å². The van der Waals surface area contributed by atoms with Gasteiger partial charge in [-0.3, -0.25) is 9.59 Å². The average Bonchev–Trinajstić information content (AvgIpc) is 3.20. The van der Waals surface area contributed by atoms with Crippen molar-refractivity contribution in [1.82, 2.24) is 19.4 Å². The molecule has 3 heterocycles. The van der Waals surface area contributed by atoms with Crippen LogP contribution >= 0.6 is 0 Å². The third kappa shape index (κ3) is 2.29. The normalized spacial score (nSPS) is 17.6. The van der Waals surface area contributed by atoms with Gasteiger partial charge in [0, 0.05) is 31.4 Å². The van der Waals surface area contributed by atoms with Crippen LogP contribution in [0.3, 0.4) is 0 Å². The molecule has 24 heavy (non-hydrogen) atoms. The molecule has 0 fully saturated rings. The first-order valence-electron chi connectivity index (χ1n) is 8.35. The molecule has 124 valence electrons. The van der Waals surface area contributed by atoms with E-state index >= 15 is 0 Å². The van der Waals surface area contributed by atoms with E-state index in [1.807, 2.05) is 36.1 Å². The molecule has 2 aromatic rings. The van der Waals surface area contributed by atoms with Crippen molar-refractivity contribution >= 4 is 11.8 Å². The number of rotatable bonds is 3. The van der Waals surface area contributed by atoms with Gasteiger partial charge in [-0.1, -0.05) is 25.1 Å². The monoisotopic (exact) mass is 324 g/mol. The number of amides is 2. The lowest BCUT2D eigenvalue weighted by molar-refractivity contribution is -0.137. The molecule has 6 nitrogen and oxygen atoms in total. The summed E-state index contributed by atoms with van der Waals surface area (Å²) in [5.41, 5.74) is 2.77. The molecule has 0 radical (unpaired) electrons. The molecule has 0 N–H and O–H groups in total. The fourth-order valence-corrected chi connectivity index (χ4v) is 3.64. The topological polar surface area (TPSA) is 58.4 Å². The Bertz CT molecular complexity index is 798. The van der Waals surface area contributed by atoms with E-state index in [0.717, 1.165) is 23.4 Å². The molecule has 4 rings (SSSR count). The van der Waals surface area contributed by atoms with Gasteiger partial charge in [0.2, 0.25) is 5.91 Å². The van der Waals surface area contributed by atoms with Gasteiger partial charge >= 0.3 is 0 Å². The highest BCUT2D eigenvalue weighted by Gasteiger charge is 2.37. The van der Waals surface area contributed by atoms with E-state index in [4.69, 9.17) is 0 Å². The van der Waals surface area contributed by atoms with Crippen molar-refractivity contribution < 1.29 is 9.59 Å². The number of hydrogen-bond acceptors (Lipinski definition) is 3. The summed E-state index contributed by atoms with van der Waals surface area (Å²) in [6, 6.07) is 7.20. The second-order valence-corrected chi connectivity index (χ2v) is 6.35. The summed E-state index contributed by atoms with van der Waals surface area (Å²) in [5, 5.41) is 0. The van der Waals surface area contributed by atoms with Crippen LogP contribution in [-0.4, -0.2) is 43.8 Å². The highest BCUT2D eigenvalue weighted by atomic mass is 16.2. The SMILES string of the molecule is CCC(C(=O)N1CCn2cncc2C1)N1Cc2ccccc2C1=O. The fourth-order valence-electron chi connectivity index (χ4n) is 3.64. The Kier molecular flexibility index (Phi) is 3.59. The number of carbonyl (C=O) groups excluding carboxylic acids is 2. The number of benzene rings is 1. The summed E-state index contributed by atoms with van der Waals surface area (Å²) in [6.07, 6.45) is 4.22. The third-order valence-electron chi connectivity index (χ3n) is 4.97. The van der Waals surface area contributed by atoms with Crippen LogP contribution in [0.2, 0.25) is 0 Å². The van der Waals surface area contributed by atoms with Gasteiger partial charge in [-0.05, 0) is 18.1 Å². The molecule has 1 aromatic heterocycles. The van der Waals surface area contributed by atoms with E-state index < -0.39 is 6.04 Å². The van der Waals surface area contributed by atoms with E-state index in [2.05, 4.69) is 9.55 Å². The molecule has 0 spiro atoms. The first kappa shape index (κ1) is 14.9. The summed E-state index contributed by atoms with van der Waals surface area (Å²) in [6.45, 7) is 4.46. The van der Waals surface area contributed by atoms with Crippen LogP contribution in [0.25, 0.3) is 0 Å². The largest absolute Gasteiger partial charge is 0.333 e. The summed E-state index contributed by atoms with van der Waals surface area (Å²) in [7, 11) is 0. The predicted molar refractivity (Wildman–Crippen MR) is 88.0 cm³/mol. The van der Waals surface area contributed by atoms with Crippen molar-refractivity contribution in [2.75, 3.05) is 6.54 Å². The van der Waals surface area contributed by atoms with Crippen molar-refractivity contribution in [3.05, 3.63) is 53.6 Å². The zero-order valence-corrected chi connectivity index (χ0v) is 13.7. The summed E-state index contributed by atoms with van der Waals surface area (Å²) >= 11 is 0. The molecule has 0 saturated heterocycles. The molecule has 2 aliphatic rings. The van der Waals surface area contributed by atoms with Crippen LogP contribution in [0.4, 0.5) is 0 Å². The molecule has 1 atom stereocenters. The Morgan fingerprint density at radius 1 is 1.25 bits per heavy atom. The lowest BCUT2D eigenvalue weighted by Gasteiger charge is -2.34. The van der Waals surface area contributed by atoms with Gasteiger partial charge < -0.3 is 14.4 Å². The van der Waals surface area contributed by atoms with Crippen LogP contribution in [0.15, 0.2) is 36.8 Å². The second kappa shape index (κ2) is 5.78. The number of carbonyl (C=O) groups is 2. The maximum Gasteiger partial charge on any atom is 0.255 e. The van der Waals surface area contributed by atoms with Gasteiger partial charge in [0.05, 0.1) is 18.6 Å². The summed E-state index contributed by atoms with van der Waals surface area (Å²) in [5.74, 6) is -0.000965. The zero-order valence-electron chi connectivity index (χ0n) is 13.7. The van der Waals surface area contributed by atoms with Crippen LogP contribution in [0, 0.1) is 0 Å². The van der Waals surface area contributed by atoms with Gasteiger partial charge in [0.15, 0.2) is 0 Å². The minimum absolute atomic E-state index is 0.0334. The lowest BCUT2D eigenvalue weighted by Crippen LogP contribution is -2.50. The molecule has 1 aromatic carbocycles. The third-order valence-corrected chi connectivity index (χ3v) is 4.97. The molecule has 6 heteroatoms. The summed E-state index contributed by atoms with van der Waals surface area (Å²) in [4.78, 5) is 33.4. The highest BCUT2D eigenvalue weighted by molar-refractivity contribution is 6.01. The summed E-state index contributed by atoms with van der Waals surface area (Å²) < 4.78 is 2.07.